The van der Waals surface area contributed by atoms with Crippen LogP contribution < -0.4 is 0 Å². The number of cyclic esters (lactones) is 1. The fraction of sp³-hybridized carbons (Fsp3) is 0.917. The third kappa shape index (κ3) is 2.49. The fourth-order valence-corrected chi connectivity index (χ4v) is 2.37. The number of hydrogen-bond acceptors (Lipinski definition) is 2. The summed E-state index contributed by atoms with van der Waals surface area (Å²) >= 11 is 0. The molecule has 1 saturated heterocycles. The van der Waals surface area contributed by atoms with Crippen molar-refractivity contribution in [1.29, 1.82) is 0 Å². The molecule has 0 bridgehead atoms. The molecule has 1 heterocycles. The fourth-order valence-electron chi connectivity index (χ4n) is 2.37. The van der Waals surface area contributed by atoms with E-state index in [9.17, 15) is 4.79 Å². The van der Waals surface area contributed by atoms with Crippen LogP contribution in [-0.2, 0) is 9.53 Å². The van der Waals surface area contributed by atoms with E-state index < -0.39 is 0 Å². The Morgan fingerprint density at radius 1 is 1.21 bits per heavy atom. The predicted molar refractivity (Wildman–Crippen MR) is 57.1 cm³/mol. The van der Waals surface area contributed by atoms with Gasteiger partial charge in [-0.05, 0) is 19.3 Å². The van der Waals surface area contributed by atoms with E-state index in [1.807, 2.05) is 0 Å². The Labute approximate surface area is 87.0 Å². The Bertz CT molecular complexity index is 189. The van der Waals surface area contributed by atoms with Gasteiger partial charge in [0.05, 0.1) is 12.0 Å². The molecule has 1 aliphatic heterocycles. The quantitative estimate of drug-likeness (QED) is 0.483. The Hall–Kier alpha value is -0.530. The molecule has 0 aromatic rings. The maximum atomic E-state index is 11.7. The van der Waals surface area contributed by atoms with Gasteiger partial charge in [0.15, 0.2) is 0 Å². The van der Waals surface area contributed by atoms with E-state index in [2.05, 4.69) is 13.8 Å². The third-order valence-corrected chi connectivity index (χ3v) is 3.23. The zero-order valence-electron chi connectivity index (χ0n) is 9.47. The van der Waals surface area contributed by atoms with E-state index in [0.717, 1.165) is 25.7 Å². The smallest absolute Gasteiger partial charge is 0.312 e. The van der Waals surface area contributed by atoms with Crippen molar-refractivity contribution in [2.24, 2.45) is 5.41 Å². The molecule has 14 heavy (non-hydrogen) atoms. The summed E-state index contributed by atoms with van der Waals surface area (Å²) in [5, 5.41) is 0. The zero-order valence-corrected chi connectivity index (χ0v) is 9.47. The zero-order chi connectivity index (χ0) is 10.4. The maximum Gasteiger partial charge on any atom is 0.312 e. The largest absolute Gasteiger partial charge is 0.465 e. The van der Waals surface area contributed by atoms with Gasteiger partial charge in [-0.2, -0.15) is 0 Å². The maximum absolute atomic E-state index is 11.7. The molecule has 0 amide bonds. The summed E-state index contributed by atoms with van der Waals surface area (Å²) in [4.78, 5) is 11.7. The summed E-state index contributed by atoms with van der Waals surface area (Å²) < 4.78 is 5.11. The van der Waals surface area contributed by atoms with Gasteiger partial charge in [0.1, 0.15) is 0 Å². The predicted octanol–water partition coefficient (Wildman–Crippen LogP) is 3.30. The number of carbonyl (C=O) groups excluding carboxylic acids is 1. The van der Waals surface area contributed by atoms with Gasteiger partial charge in [0, 0.05) is 0 Å². The van der Waals surface area contributed by atoms with Gasteiger partial charge in [0.2, 0.25) is 0 Å². The number of esters is 1. The summed E-state index contributed by atoms with van der Waals surface area (Å²) in [5.41, 5.74) is -0.107. The molecule has 2 nitrogen and oxygen atoms in total. The molecular formula is C12H22O2. The van der Waals surface area contributed by atoms with E-state index in [1.54, 1.807) is 0 Å². The van der Waals surface area contributed by atoms with E-state index in [1.165, 1.54) is 19.3 Å². The molecule has 1 fully saturated rings. The minimum Gasteiger partial charge on any atom is -0.465 e. The molecular weight excluding hydrogens is 176 g/mol. The summed E-state index contributed by atoms with van der Waals surface area (Å²) in [6, 6.07) is 0. The lowest BCUT2D eigenvalue weighted by Crippen LogP contribution is -2.26. The molecule has 0 radical (unpaired) electrons. The van der Waals surface area contributed by atoms with Crippen LogP contribution in [0.15, 0.2) is 0 Å². The second-order valence-corrected chi connectivity index (χ2v) is 4.37. The van der Waals surface area contributed by atoms with Crippen LogP contribution in [0, 0.1) is 5.41 Å². The van der Waals surface area contributed by atoms with Crippen molar-refractivity contribution in [2.45, 2.75) is 58.8 Å². The molecule has 0 spiro atoms. The second-order valence-electron chi connectivity index (χ2n) is 4.37. The highest BCUT2D eigenvalue weighted by Crippen LogP contribution is 2.39. The Morgan fingerprint density at radius 3 is 2.50 bits per heavy atom. The van der Waals surface area contributed by atoms with Crippen LogP contribution in [0.25, 0.3) is 0 Å². The van der Waals surface area contributed by atoms with Crippen molar-refractivity contribution in [3.05, 3.63) is 0 Å². The van der Waals surface area contributed by atoms with Crippen molar-refractivity contribution in [3.63, 3.8) is 0 Å². The highest BCUT2D eigenvalue weighted by atomic mass is 16.5. The van der Waals surface area contributed by atoms with Crippen molar-refractivity contribution in [3.8, 4) is 0 Å². The number of carbonyl (C=O) groups is 1. The van der Waals surface area contributed by atoms with Crippen LogP contribution in [-0.4, -0.2) is 12.6 Å². The SMILES string of the molecule is CCCCC[C@@]1(CCC)CCOC1=O. The first kappa shape index (κ1) is 11.5. The lowest BCUT2D eigenvalue weighted by molar-refractivity contribution is -0.147. The molecule has 0 aliphatic carbocycles. The molecule has 1 rings (SSSR count). The second kappa shape index (κ2) is 5.38. The number of ether oxygens (including phenoxy) is 1. The first-order valence-electron chi connectivity index (χ1n) is 5.92. The van der Waals surface area contributed by atoms with E-state index in [-0.39, 0.29) is 11.4 Å². The number of unbranched alkanes of at least 4 members (excludes halogenated alkanes) is 2. The normalized spacial score (nSPS) is 26.6. The lowest BCUT2D eigenvalue weighted by Gasteiger charge is -2.23. The van der Waals surface area contributed by atoms with Gasteiger partial charge in [-0.1, -0.05) is 39.5 Å². The summed E-state index contributed by atoms with van der Waals surface area (Å²) in [7, 11) is 0. The van der Waals surface area contributed by atoms with E-state index >= 15 is 0 Å². The topological polar surface area (TPSA) is 26.3 Å². The van der Waals surface area contributed by atoms with Gasteiger partial charge in [0.25, 0.3) is 0 Å². The molecule has 2 heteroatoms. The van der Waals surface area contributed by atoms with Gasteiger partial charge in [-0.15, -0.1) is 0 Å². The molecule has 0 aromatic carbocycles. The Kier molecular flexibility index (Phi) is 4.43. The van der Waals surface area contributed by atoms with Crippen LogP contribution in [0.1, 0.15) is 58.8 Å². The Morgan fingerprint density at radius 2 is 2.00 bits per heavy atom. The van der Waals surface area contributed by atoms with Crippen LogP contribution >= 0.6 is 0 Å². The van der Waals surface area contributed by atoms with Gasteiger partial charge in [-0.25, -0.2) is 0 Å². The summed E-state index contributed by atoms with van der Waals surface area (Å²) in [6.45, 7) is 4.98. The lowest BCUT2D eigenvalue weighted by atomic mass is 9.77. The summed E-state index contributed by atoms with van der Waals surface area (Å²) in [6.07, 6.45) is 7.70. The first-order valence-corrected chi connectivity index (χ1v) is 5.92. The standard InChI is InChI=1S/C12H22O2/c1-3-5-6-8-12(7-4-2)9-10-14-11(12)13/h3-10H2,1-2H3/t12-/m0/s1. The average molecular weight is 198 g/mol. The molecule has 0 unspecified atom stereocenters. The van der Waals surface area contributed by atoms with Crippen LogP contribution in [0.4, 0.5) is 0 Å². The van der Waals surface area contributed by atoms with E-state index in [0.29, 0.717) is 6.61 Å². The van der Waals surface area contributed by atoms with Crippen LogP contribution in [0.5, 0.6) is 0 Å². The average Bonchev–Trinajstić information content (AvgIpc) is 2.50. The highest BCUT2D eigenvalue weighted by molar-refractivity contribution is 5.78. The number of hydrogen-bond donors (Lipinski definition) is 0. The van der Waals surface area contributed by atoms with Crippen LogP contribution in [0.3, 0.4) is 0 Å². The minimum atomic E-state index is -0.107. The molecule has 82 valence electrons. The highest BCUT2D eigenvalue weighted by Gasteiger charge is 2.42. The van der Waals surface area contributed by atoms with Gasteiger partial charge < -0.3 is 4.74 Å². The first-order chi connectivity index (χ1) is 6.75. The van der Waals surface area contributed by atoms with Crippen molar-refractivity contribution in [2.75, 3.05) is 6.61 Å². The van der Waals surface area contributed by atoms with Crippen molar-refractivity contribution < 1.29 is 9.53 Å². The number of rotatable bonds is 6. The van der Waals surface area contributed by atoms with Crippen LogP contribution in [0.2, 0.25) is 0 Å². The van der Waals surface area contributed by atoms with Gasteiger partial charge >= 0.3 is 5.97 Å². The minimum absolute atomic E-state index is 0.0652. The third-order valence-electron chi connectivity index (χ3n) is 3.23. The molecule has 1 atom stereocenters. The van der Waals surface area contributed by atoms with Crippen molar-refractivity contribution in [1.82, 2.24) is 0 Å². The molecule has 0 N–H and O–H groups in total. The molecule has 0 aromatic heterocycles. The van der Waals surface area contributed by atoms with Gasteiger partial charge in [-0.3, -0.25) is 4.79 Å². The monoisotopic (exact) mass is 198 g/mol. The van der Waals surface area contributed by atoms with E-state index in [4.69, 9.17) is 4.74 Å². The molecule has 0 saturated carbocycles. The molecule has 1 aliphatic rings. The van der Waals surface area contributed by atoms with Crippen molar-refractivity contribution >= 4 is 5.97 Å². The Balaban J connectivity index is 2.48. The summed E-state index contributed by atoms with van der Waals surface area (Å²) in [5.74, 6) is 0.0652.